The van der Waals surface area contributed by atoms with Crippen molar-refractivity contribution in [1.82, 2.24) is 15.0 Å². The summed E-state index contributed by atoms with van der Waals surface area (Å²) in [6, 6.07) is 6.93. The van der Waals surface area contributed by atoms with Crippen LogP contribution in [-0.4, -0.2) is 52.5 Å². The maximum Gasteiger partial charge on any atom is 0.250 e. The highest BCUT2D eigenvalue weighted by Crippen LogP contribution is 2.22. The van der Waals surface area contributed by atoms with Crippen molar-refractivity contribution in [2.24, 2.45) is 5.10 Å². The molecule has 0 spiro atoms. The summed E-state index contributed by atoms with van der Waals surface area (Å²) in [4.78, 5) is 18.4. The second kappa shape index (κ2) is 8.86. The molecule has 2 fully saturated rings. The molecule has 2 aliphatic rings. The molecule has 0 saturated carbocycles. The van der Waals surface area contributed by atoms with Crippen molar-refractivity contribution >= 4 is 24.1 Å². The molecule has 148 valence electrons. The summed E-state index contributed by atoms with van der Waals surface area (Å²) in [5.74, 6) is 2.12. The lowest BCUT2D eigenvalue weighted by atomic mass is 10.1. The van der Waals surface area contributed by atoms with Gasteiger partial charge in [-0.1, -0.05) is 12.1 Å². The Balaban J connectivity index is 1.55. The van der Waals surface area contributed by atoms with E-state index in [0.29, 0.717) is 5.95 Å². The van der Waals surface area contributed by atoms with Gasteiger partial charge in [0.1, 0.15) is 5.75 Å². The normalized spacial score (nSPS) is 17.9. The molecule has 0 bridgehead atoms. The summed E-state index contributed by atoms with van der Waals surface area (Å²) in [6.45, 7) is 3.93. The molecule has 4 rings (SSSR count). The van der Waals surface area contributed by atoms with Crippen LogP contribution in [0.25, 0.3) is 0 Å². The number of nitrogens with zero attached hydrogens (tertiary/aromatic N) is 6. The number of hydrazone groups is 1. The first kappa shape index (κ1) is 18.5. The van der Waals surface area contributed by atoms with E-state index in [9.17, 15) is 5.11 Å². The summed E-state index contributed by atoms with van der Waals surface area (Å²) in [5, 5.41) is 13.8. The molecule has 2 aliphatic heterocycles. The number of hydrogen-bond acceptors (Lipinski definition) is 8. The quantitative estimate of drug-likeness (QED) is 0.608. The molecule has 0 amide bonds. The smallest absolute Gasteiger partial charge is 0.250 e. The third kappa shape index (κ3) is 4.68. The fraction of sp³-hybridized carbons (Fsp3) is 0.500. The van der Waals surface area contributed by atoms with E-state index in [1.165, 1.54) is 38.5 Å². The monoisotopic (exact) mass is 381 g/mol. The Morgan fingerprint density at radius 3 is 2.04 bits per heavy atom. The fourth-order valence-corrected chi connectivity index (χ4v) is 3.64. The lowest BCUT2D eigenvalue weighted by Crippen LogP contribution is -2.34. The second-order valence-corrected chi connectivity index (χ2v) is 7.32. The molecule has 1 aromatic heterocycles. The van der Waals surface area contributed by atoms with Gasteiger partial charge in [0.15, 0.2) is 0 Å². The van der Waals surface area contributed by atoms with E-state index in [1.807, 2.05) is 6.07 Å². The number of piperidine rings is 2. The van der Waals surface area contributed by atoms with Crippen molar-refractivity contribution in [3.8, 4) is 5.75 Å². The third-order valence-electron chi connectivity index (χ3n) is 5.14. The van der Waals surface area contributed by atoms with Crippen molar-refractivity contribution < 1.29 is 5.11 Å². The van der Waals surface area contributed by atoms with Gasteiger partial charge in [-0.2, -0.15) is 20.1 Å². The van der Waals surface area contributed by atoms with E-state index >= 15 is 0 Å². The van der Waals surface area contributed by atoms with E-state index in [1.54, 1.807) is 24.4 Å². The minimum atomic E-state index is 0.212. The van der Waals surface area contributed by atoms with E-state index in [-0.39, 0.29) is 5.75 Å². The van der Waals surface area contributed by atoms with Crippen molar-refractivity contribution in [1.29, 1.82) is 0 Å². The zero-order chi connectivity index (χ0) is 19.2. The zero-order valence-electron chi connectivity index (χ0n) is 16.1. The number of benzene rings is 1. The second-order valence-electron chi connectivity index (χ2n) is 7.32. The molecule has 0 atom stereocenters. The van der Waals surface area contributed by atoms with Crippen molar-refractivity contribution in [2.45, 2.75) is 38.5 Å². The van der Waals surface area contributed by atoms with Crippen molar-refractivity contribution in [3.05, 3.63) is 29.8 Å². The predicted octanol–water partition coefficient (Wildman–Crippen LogP) is 3.00. The summed E-state index contributed by atoms with van der Waals surface area (Å²) >= 11 is 0. The Kier molecular flexibility index (Phi) is 5.84. The van der Waals surface area contributed by atoms with Crippen molar-refractivity contribution in [3.63, 3.8) is 0 Å². The van der Waals surface area contributed by atoms with Crippen LogP contribution in [0, 0.1) is 0 Å². The van der Waals surface area contributed by atoms with E-state index in [4.69, 9.17) is 4.98 Å². The van der Waals surface area contributed by atoms with E-state index in [2.05, 4.69) is 30.3 Å². The lowest BCUT2D eigenvalue weighted by molar-refractivity contribution is 0.475. The summed E-state index contributed by atoms with van der Waals surface area (Å²) in [5.41, 5.74) is 3.74. The molecule has 0 radical (unpaired) electrons. The Morgan fingerprint density at radius 2 is 1.46 bits per heavy atom. The first-order valence-corrected chi connectivity index (χ1v) is 10.1. The molecular weight excluding hydrogens is 354 g/mol. The van der Waals surface area contributed by atoms with Crippen molar-refractivity contribution in [2.75, 3.05) is 41.4 Å². The van der Waals surface area contributed by atoms with Gasteiger partial charge in [0, 0.05) is 26.2 Å². The number of phenolic OH excluding ortho intramolecular Hbond substituents is 1. The standard InChI is InChI=1S/C20H27N7O/c28-17-9-7-8-16(14-17)15-21-25-18-22-19(26-10-3-1-4-11-26)24-20(23-18)27-12-5-2-6-13-27/h7-9,14-15,28H,1-6,10-13H2,(H,22,23,24,25)/b21-15-. The van der Waals surface area contributed by atoms with Gasteiger partial charge in [-0.05, 0) is 56.2 Å². The van der Waals surface area contributed by atoms with Gasteiger partial charge in [-0.3, -0.25) is 0 Å². The Hall–Kier alpha value is -2.90. The summed E-state index contributed by atoms with van der Waals surface area (Å²) < 4.78 is 0. The number of aromatic nitrogens is 3. The van der Waals surface area contributed by atoms with Crippen LogP contribution >= 0.6 is 0 Å². The number of rotatable bonds is 5. The Morgan fingerprint density at radius 1 is 0.857 bits per heavy atom. The van der Waals surface area contributed by atoms with Crippen LogP contribution in [0.2, 0.25) is 0 Å². The van der Waals surface area contributed by atoms with Crippen LogP contribution < -0.4 is 15.2 Å². The predicted molar refractivity (Wildman–Crippen MR) is 111 cm³/mol. The van der Waals surface area contributed by atoms with Gasteiger partial charge in [-0.15, -0.1) is 0 Å². The van der Waals surface area contributed by atoms with Crippen LogP contribution in [-0.2, 0) is 0 Å². The number of phenols is 1. The summed E-state index contributed by atoms with van der Waals surface area (Å²) in [7, 11) is 0. The first-order valence-electron chi connectivity index (χ1n) is 10.1. The maximum absolute atomic E-state index is 9.56. The number of hydrogen-bond donors (Lipinski definition) is 2. The SMILES string of the molecule is Oc1cccc(/C=N\Nc2nc(N3CCCCC3)nc(N3CCCCC3)n2)c1. The molecule has 8 nitrogen and oxygen atoms in total. The van der Waals surface area contributed by atoms with Gasteiger partial charge in [0.2, 0.25) is 17.8 Å². The van der Waals surface area contributed by atoms with Gasteiger partial charge >= 0.3 is 0 Å². The van der Waals surface area contributed by atoms with Crippen LogP contribution in [0.5, 0.6) is 5.75 Å². The minimum Gasteiger partial charge on any atom is -0.508 e. The van der Waals surface area contributed by atoms with Gasteiger partial charge in [0.25, 0.3) is 0 Å². The highest BCUT2D eigenvalue weighted by atomic mass is 16.3. The average molecular weight is 381 g/mol. The van der Waals surface area contributed by atoms with Crippen LogP contribution in [0.4, 0.5) is 17.8 Å². The van der Waals surface area contributed by atoms with E-state index in [0.717, 1.165) is 43.6 Å². The third-order valence-corrected chi connectivity index (χ3v) is 5.14. The maximum atomic E-state index is 9.56. The molecule has 2 saturated heterocycles. The van der Waals surface area contributed by atoms with Crippen LogP contribution in [0.3, 0.4) is 0 Å². The minimum absolute atomic E-state index is 0.212. The zero-order valence-corrected chi connectivity index (χ0v) is 16.1. The highest BCUT2D eigenvalue weighted by Gasteiger charge is 2.20. The molecule has 28 heavy (non-hydrogen) atoms. The highest BCUT2D eigenvalue weighted by molar-refractivity contribution is 5.80. The molecule has 3 heterocycles. The molecule has 0 unspecified atom stereocenters. The molecule has 1 aromatic carbocycles. The molecule has 2 N–H and O–H groups in total. The average Bonchev–Trinajstić information content (AvgIpc) is 2.75. The molecule has 0 aliphatic carbocycles. The Bertz CT molecular complexity index is 778. The van der Waals surface area contributed by atoms with Gasteiger partial charge in [-0.25, -0.2) is 5.43 Å². The molecular formula is C20H27N7O. The van der Waals surface area contributed by atoms with Gasteiger partial charge in [0.05, 0.1) is 6.21 Å². The lowest BCUT2D eigenvalue weighted by Gasteiger charge is -2.30. The van der Waals surface area contributed by atoms with Crippen LogP contribution in [0.15, 0.2) is 29.4 Å². The Labute approximate surface area is 165 Å². The topological polar surface area (TPSA) is 89.8 Å². The summed E-state index contributed by atoms with van der Waals surface area (Å²) in [6.07, 6.45) is 8.85. The largest absolute Gasteiger partial charge is 0.508 e. The first-order chi connectivity index (χ1) is 13.8. The number of anilines is 3. The van der Waals surface area contributed by atoms with Crippen LogP contribution in [0.1, 0.15) is 44.1 Å². The molecule has 2 aromatic rings. The number of nitrogens with one attached hydrogen (secondary N) is 1. The fourth-order valence-electron chi connectivity index (χ4n) is 3.64. The molecule has 8 heteroatoms. The van der Waals surface area contributed by atoms with E-state index < -0.39 is 0 Å². The van der Waals surface area contributed by atoms with Gasteiger partial charge < -0.3 is 14.9 Å². The number of aromatic hydroxyl groups is 1.